The van der Waals surface area contributed by atoms with Gasteiger partial charge in [0.15, 0.2) is 6.29 Å². The monoisotopic (exact) mass is 339 g/mol. The van der Waals surface area contributed by atoms with Gasteiger partial charge in [0.1, 0.15) is 18.3 Å². The Labute approximate surface area is 144 Å². The van der Waals surface area contributed by atoms with Crippen molar-refractivity contribution in [2.24, 2.45) is 5.73 Å². The van der Waals surface area contributed by atoms with Crippen molar-refractivity contribution in [1.82, 2.24) is 0 Å². The molecule has 1 heterocycles. The van der Waals surface area contributed by atoms with Crippen LogP contribution in [-0.4, -0.2) is 57.6 Å². The lowest BCUT2D eigenvalue weighted by molar-refractivity contribution is -0.278. The first-order valence-corrected chi connectivity index (χ1v) is 8.49. The molecule has 3 unspecified atom stereocenters. The highest BCUT2D eigenvalue weighted by Crippen LogP contribution is 2.25. The summed E-state index contributed by atoms with van der Waals surface area (Å²) in [6.07, 6.45) is -1.42. The molecule has 1 aromatic carbocycles. The zero-order chi connectivity index (χ0) is 17.4. The van der Waals surface area contributed by atoms with E-state index in [1.807, 2.05) is 44.2 Å². The smallest absolute Gasteiger partial charge is 0.175 e. The molecular formula is C18H29NO5. The summed E-state index contributed by atoms with van der Waals surface area (Å²) in [5, 5.41) is 0. The van der Waals surface area contributed by atoms with E-state index in [4.69, 9.17) is 29.4 Å². The van der Waals surface area contributed by atoms with Crippen LogP contribution in [0, 0.1) is 0 Å². The van der Waals surface area contributed by atoms with Crippen LogP contribution < -0.4 is 5.73 Å². The maximum atomic E-state index is 6.25. The zero-order valence-corrected chi connectivity index (χ0v) is 14.7. The van der Waals surface area contributed by atoms with Gasteiger partial charge >= 0.3 is 0 Å². The van der Waals surface area contributed by atoms with Crippen LogP contribution in [0.5, 0.6) is 0 Å². The van der Waals surface area contributed by atoms with Crippen molar-refractivity contribution in [2.75, 3.05) is 26.9 Å². The molecule has 1 aliphatic rings. The van der Waals surface area contributed by atoms with E-state index in [1.54, 1.807) is 7.11 Å². The van der Waals surface area contributed by atoms with Crippen LogP contribution in [0.3, 0.4) is 0 Å². The van der Waals surface area contributed by atoms with Crippen LogP contribution in [-0.2, 0) is 30.3 Å². The summed E-state index contributed by atoms with van der Waals surface area (Å²) >= 11 is 0. The third-order valence-corrected chi connectivity index (χ3v) is 4.05. The second-order valence-electron chi connectivity index (χ2n) is 5.70. The number of rotatable bonds is 9. The van der Waals surface area contributed by atoms with E-state index in [-0.39, 0.29) is 18.3 Å². The van der Waals surface area contributed by atoms with Gasteiger partial charge in [-0.1, -0.05) is 30.3 Å². The Balaban J connectivity index is 1.98. The van der Waals surface area contributed by atoms with E-state index in [9.17, 15) is 0 Å². The molecule has 0 bridgehead atoms. The first-order chi connectivity index (χ1) is 11.7. The maximum absolute atomic E-state index is 6.25. The molecule has 2 rings (SSSR count). The van der Waals surface area contributed by atoms with Gasteiger partial charge in [0.25, 0.3) is 0 Å². The molecule has 6 heteroatoms. The van der Waals surface area contributed by atoms with Crippen LogP contribution >= 0.6 is 0 Å². The average molecular weight is 339 g/mol. The summed E-state index contributed by atoms with van der Waals surface area (Å²) in [6.45, 7) is 5.82. The number of ether oxygens (including phenoxy) is 5. The minimum Gasteiger partial charge on any atom is -0.376 e. The molecule has 1 saturated heterocycles. The van der Waals surface area contributed by atoms with E-state index in [1.165, 1.54) is 0 Å². The first-order valence-electron chi connectivity index (χ1n) is 8.49. The van der Waals surface area contributed by atoms with Crippen molar-refractivity contribution in [2.45, 2.75) is 51.1 Å². The summed E-state index contributed by atoms with van der Waals surface area (Å²) in [5.74, 6) is 0. The fourth-order valence-corrected chi connectivity index (χ4v) is 2.93. The first kappa shape index (κ1) is 19.3. The molecule has 24 heavy (non-hydrogen) atoms. The lowest BCUT2D eigenvalue weighted by Gasteiger charge is -2.44. The highest BCUT2D eigenvalue weighted by atomic mass is 16.7. The Morgan fingerprint density at radius 1 is 1.04 bits per heavy atom. The molecule has 136 valence electrons. The third kappa shape index (κ3) is 4.99. The van der Waals surface area contributed by atoms with Crippen molar-refractivity contribution in [3.05, 3.63) is 35.9 Å². The molecule has 6 nitrogen and oxygen atoms in total. The predicted octanol–water partition coefficient (Wildman–Crippen LogP) is 1.71. The van der Waals surface area contributed by atoms with Gasteiger partial charge < -0.3 is 29.4 Å². The Bertz CT molecular complexity index is 458. The Hall–Kier alpha value is -1.02. The number of benzene rings is 1. The molecule has 1 fully saturated rings. The summed E-state index contributed by atoms with van der Waals surface area (Å²) in [6, 6.07) is 9.61. The van der Waals surface area contributed by atoms with E-state index in [0.717, 1.165) is 5.56 Å². The average Bonchev–Trinajstić information content (AvgIpc) is 2.60. The van der Waals surface area contributed by atoms with Gasteiger partial charge in [0.2, 0.25) is 0 Å². The molecule has 2 N–H and O–H groups in total. The van der Waals surface area contributed by atoms with Crippen molar-refractivity contribution in [3.8, 4) is 0 Å². The Morgan fingerprint density at radius 3 is 2.38 bits per heavy atom. The molecule has 0 radical (unpaired) electrons. The van der Waals surface area contributed by atoms with Gasteiger partial charge in [-0.2, -0.15) is 0 Å². The Morgan fingerprint density at radius 2 is 1.75 bits per heavy atom. The zero-order valence-electron chi connectivity index (χ0n) is 14.7. The van der Waals surface area contributed by atoms with Crippen LogP contribution in [0.4, 0.5) is 0 Å². The summed E-state index contributed by atoms with van der Waals surface area (Å²) < 4.78 is 28.8. The van der Waals surface area contributed by atoms with Crippen LogP contribution in [0.1, 0.15) is 19.4 Å². The van der Waals surface area contributed by atoms with Crippen molar-refractivity contribution < 1.29 is 23.7 Å². The van der Waals surface area contributed by atoms with E-state index in [0.29, 0.717) is 26.4 Å². The standard InChI is InChI=1S/C18H29NO5/c1-4-22-17-15(19)18(23-5-2)24-14(16(17)20-3)12-21-11-13-9-7-6-8-10-13/h6-10,14-18H,4-5,11-12,19H2,1-3H3/t14?,15?,16-,17-,18?/m1/s1. The maximum Gasteiger partial charge on any atom is 0.175 e. The fourth-order valence-electron chi connectivity index (χ4n) is 2.93. The summed E-state index contributed by atoms with van der Waals surface area (Å²) in [5.41, 5.74) is 7.36. The van der Waals surface area contributed by atoms with Crippen molar-refractivity contribution in [3.63, 3.8) is 0 Å². The number of hydrogen-bond acceptors (Lipinski definition) is 6. The molecule has 1 aliphatic heterocycles. The van der Waals surface area contributed by atoms with Gasteiger partial charge in [-0.15, -0.1) is 0 Å². The summed E-state index contributed by atoms with van der Waals surface area (Å²) in [4.78, 5) is 0. The van der Waals surface area contributed by atoms with E-state index >= 15 is 0 Å². The van der Waals surface area contributed by atoms with Gasteiger partial charge in [-0.3, -0.25) is 0 Å². The Kier molecular flexibility index (Phi) is 8.11. The van der Waals surface area contributed by atoms with Crippen LogP contribution in [0.2, 0.25) is 0 Å². The lowest BCUT2D eigenvalue weighted by Crippen LogP contribution is -2.64. The fraction of sp³-hybridized carbons (Fsp3) is 0.667. The molecule has 5 atom stereocenters. The normalized spacial score (nSPS) is 30.4. The van der Waals surface area contributed by atoms with Crippen molar-refractivity contribution >= 4 is 0 Å². The second kappa shape index (κ2) is 10.1. The van der Waals surface area contributed by atoms with E-state index in [2.05, 4.69) is 0 Å². The highest BCUT2D eigenvalue weighted by Gasteiger charge is 2.45. The molecule has 0 aromatic heterocycles. The van der Waals surface area contributed by atoms with E-state index < -0.39 is 12.3 Å². The molecule has 0 spiro atoms. The van der Waals surface area contributed by atoms with Gasteiger partial charge in [0, 0.05) is 20.3 Å². The highest BCUT2D eigenvalue weighted by molar-refractivity contribution is 5.13. The molecule has 0 saturated carbocycles. The molecule has 1 aromatic rings. The van der Waals surface area contributed by atoms with Crippen LogP contribution in [0.25, 0.3) is 0 Å². The number of nitrogens with two attached hydrogens (primary N) is 1. The number of hydrogen-bond donors (Lipinski definition) is 1. The van der Waals surface area contributed by atoms with Gasteiger partial charge in [0.05, 0.1) is 19.3 Å². The number of methoxy groups -OCH3 is 1. The summed E-state index contributed by atoms with van der Waals surface area (Å²) in [7, 11) is 1.64. The molecule has 0 aliphatic carbocycles. The predicted molar refractivity (Wildman–Crippen MR) is 90.6 cm³/mol. The van der Waals surface area contributed by atoms with Gasteiger partial charge in [-0.05, 0) is 19.4 Å². The minimum absolute atomic E-state index is 0.296. The quantitative estimate of drug-likeness (QED) is 0.738. The SMILES string of the molecule is CCOC1OC(COCc2ccccc2)[C@@H](OC)[C@H](OCC)C1N. The second-order valence-corrected chi connectivity index (χ2v) is 5.70. The minimum atomic E-state index is -0.525. The third-order valence-electron chi connectivity index (χ3n) is 4.05. The van der Waals surface area contributed by atoms with Crippen LogP contribution in [0.15, 0.2) is 30.3 Å². The topological polar surface area (TPSA) is 72.2 Å². The lowest BCUT2D eigenvalue weighted by atomic mass is 9.97. The molecule has 0 amide bonds. The largest absolute Gasteiger partial charge is 0.376 e. The van der Waals surface area contributed by atoms with Crippen molar-refractivity contribution in [1.29, 1.82) is 0 Å². The molecular weight excluding hydrogens is 310 g/mol. The van der Waals surface area contributed by atoms with Gasteiger partial charge in [-0.25, -0.2) is 0 Å².